The first-order chi connectivity index (χ1) is 17.8. The molecule has 1 amide bonds. The van der Waals surface area contributed by atoms with Crippen molar-refractivity contribution < 1.29 is 13.9 Å². The monoisotopic (exact) mass is 525 g/mol. The van der Waals surface area contributed by atoms with Gasteiger partial charge in [0, 0.05) is 37.5 Å². The number of aromatic nitrogens is 1. The molecule has 0 spiro atoms. The predicted octanol–water partition coefficient (Wildman–Crippen LogP) is 5.67. The van der Waals surface area contributed by atoms with Gasteiger partial charge in [-0.3, -0.25) is 14.2 Å². The molecule has 0 bridgehead atoms. The summed E-state index contributed by atoms with van der Waals surface area (Å²) >= 11 is 1.40. The van der Waals surface area contributed by atoms with E-state index in [0.717, 1.165) is 29.7 Å². The third-order valence-electron chi connectivity index (χ3n) is 6.07. The van der Waals surface area contributed by atoms with Crippen LogP contribution in [0.3, 0.4) is 0 Å². The number of amides is 1. The molecule has 1 fully saturated rings. The lowest BCUT2D eigenvalue weighted by molar-refractivity contribution is 0.0948. The molecule has 0 radical (unpaired) electrons. The first-order valence-electron chi connectivity index (χ1n) is 12.3. The number of carbonyl (C=O) groups is 1. The van der Waals surface area contributed by atoms with Crippen molar-refractivity contribution in [2.24, 2.45) is 7.05 Å². The molecule has 1 aromatic heterocycles. The van der Waals surface area contributed by atoms with Crippen molar-refractivity contribution in [3.8, 4) is 11.5 Å². The van der Waals surface area contributed by atoms with Crippen LogP contribution in [0.1, 0.15) is 53.7 Å². The van der Waals surface area contributed by atoms with Crippen molar-refractivity contribution >= 4 is 35.2 Å². The summed E-state index contributed by atoms with van der Waals surface area (Å²) in [5, 5.41) is 5.96. The number of aryl methyl sites for hydroxylation is 1. The van der Waals surface area contributed by atoms with Gasteiger partial charge in [0.15, 0.2) is 5.75 Å². The smallest absolute Gasteiger partial charge is 0.259 e. The van der Waals surface area contributed by atoms with E-state index >= 15 is 0 Å². The highest BCUT2D eigenvalue weighted by Crippen LogP contribution is 2.36. The minimum Gasteiger partial charge on any atom is -0.456 e. The average Bonchev–Trinajstić information content (AvgIpc) is 3.72. The van der Waals surface area contributed by atoms with Gasteiger partial charge in [0.2, 0.25) is 0 Å². The summed E-state index contributed by atoms with van der Waals surface area (Å²) in [5.41, 5.74) is 2.96. The molecule has 2 aromatic carbocycles. The molecule has 1 aliphatic carbocycles. The highest BCUT2D eigenvalue weighted by atomic mass is 32.2. The zero-order valence-corrected chi connectivity index (χ0v) is 22.4. The summed E-state index contributed by atoms with van der Waals surface area (Å²) in [6, 6.07) is 10.3. The first-order valence-corrected chi connectivity index (χ1v) is 13.2. The van der Waals surface area contributed by atoms with E-state index in [1.807, 2.05) is 26.0 Å². The highest BCUT2D eigenvalue weighted by Gasteiger charge is 2.30. The van der Waals surface area contributed by atoms with Crippen LogP contribution in [0, 0.1) is 19.7 Å². The Balaban J connectivity index is 0.00000156. The van der Waals surface area contributed by atoms with E-state index in [0.29, 0.717) is 12.3 Å². The Morgan fingerprint density at radius 1 is 1.16 bits per heavy atom. The summed E-state index contributed by atoms with van der Waals surface area (Å²) in [7, 11) is 1.55. The molecule has 0 atom stereocenters. The topological polar surface area (TPSA) is 96.4 Å². The molecule has 4 N–H and O–H groups in total. The number of benzene rings is 2. The van der Waals surface area contributed by atoms with E-state index in [1.165, 1.54) is 22.8 Å². The predicted molar refractivity (Wildman–Crippen MR) is 147 cm³/mol. The second-order valence-electron chi connectivity index (χ2n) is 8.84. The minimum atomic E-state index is -0.485. The van der Waals surface area contributed by atoms with Gasteiger partial charge >= 0.3 is 0 Å². The van der Waals surface area contributed by atoms with Gasteiger partial charge in [0.25, 0.3) is 11.5 Å². The fraction of sp³-hybridized carbons (Fsp3) is 0.333. The molecule has 1 saturated carbocycles. The lowest BCUT2D eigenvalue weighted by Crippen LogP contribution is -2.31. The zero-order chi connectivity index (χ0) is 26.7. The molecule has 0 saturated heterocycles. The largest absolute Gasteiger partial charge is 0.456 e. The lowest BCUT2D eigenvalue weighted by atomic mass is 10.1. The van der Waals surface area contributed by atoms with Crippen molar-refractivity contribution in [3.05, 3.63) is 74.8 Å². The lowest BCUT2D eigenvalue weighted by Gasteiger charge is -2.22. The van der Waals surface area contributed by atoms with E-state index in [9.17, 15) is 14.0 Å². The van der Waals surface area contributed by atoms with Crippen LogP contribution in [0.4, 0.5) is 21.6 Å². The number of anilines is 3. The van der Waals surface area contributed by atoms with Crippen molar-refractivity contribution in [3.63, 3.8) is 0 Å². The van der Waals surface area contributed by atoms with Gasteiger partial charge in [0.05, 0.1) is 11.3 Å². The molecule has 37 heavy (non-hydrogen) atoms. The van der Waals surface area contributed by atoms with Crippen molar-refractivity contribution in [2.45, 2.75) is 53.1 Å². The van der Waals surface area contributed by atoms with Crippen LogP contribution >= 0.6 is 12.1 Å². The summed E-state index contributed by atoms with van der Waals surface area (Å²) in [4.78, 5) is 26.6. The molecule has 5 rings (SSSR count). The normalized spacial score (nSPS) is 14.0. The van der Waals surface area contributed by atoms with Crippen LogP contribution in [-0.2, 0) is 13.6 Å². The average molecular weight is 526 g/mol. The van der Waals surface area contributed by atoms with Gasteiger partial charge in [-0.25, -0.2) is 9.11 Å². The van der Waals surface area contributed by atoms with Crippen LogP contribution in [0.5, 0.6) is 11.5 Å². The van der Waals surface area contributed by atoms with E-state index < -0.39 is 5.82 Å². The fourth-order valence-corrected chi connectivity index (χ4v) is 4.54. The van der Waals surface area contributed by atoms with Crippen molar-refractivity contribution in [1.82, 2.24) is 14.6 Å². The molecule has 0 unspecified atom stereocenters. The van der Waals surface area contributed by atoms with E-state index in [-0.39, 0.29) is 45.9 Å². The Kier molecular flexibility index (Phi) is 8.09. The van der Waals surface area contributed by atoms with Crippen molar-refractivity contribution in [2.75, 3.05) is 10.0 Å². The summed E-state index contributed by atoms with van der Waals surface area (Å²) in [5.74, 6) is -0.0689. The molecule has 196 valence electrons. The molecule has 1 aliphatic heterocycles. The molecular formula is C27H32FN5O3S. The summed E-state index contributed by atoms with van der Waals surface area (Å²) in [6.45, 7) is 8.05. The third kappa shape index (κ3) is 5.75. The summed E-state index contributed by atoms with van der Waals surface area (Å²) < 4.78 is 28.6. The maximum Gasteiger partial charge on any atom is 0.259 e. The second kappa shape index (κ2) is 11.3. The number of halogens is 1. The van der Waals surface area contributed by atoms with Gasteiger partial charge in [0.1, 0.15) is 22.9 Å². The Labute approximate surface area is 220 Å². The Morgan fingerprint density at radius 2 is 1.92 bits per heavy atom. The SMILES string of the molecule is CC.Cc1ccc(Nc2c(C(=O)NC3CC3)c(Oc3ccc4c(c3)CNSN4)c(C)c(=O)n2C)c(F)c1. The standard InChI is InChI=1S/C25H26FN5O3S.C2H6/c1-13-4-8-20(18(26)10-13)29-23-21(24(32)28-16-5-6-16)22(14(2)25(33)31(23)3)34-17-7-9-19-15(11-17)12-27-35-30-19;1-2/h4,7-11,16,27,29-30H,5-6,12H2,1-3H3,(H,28,32);1-2H3. The number of fused-ring (bicyclic) bond motifs is 1. The Bertz CT molecular complexity index is 1390. The van der Waals surface area contributed by atoms with Gasteiger partial charge in [-0.15, -0.1) is 0 Å². The van der Waals surface area contributed by atoms with E-state index in [2.05, 4.69) is 20.1 Å². The maximum atomic E-state index is 14.7. The number of rotatable bonds is 6. The van der Waals surface area contributed by atoms with Crippen LogP contribution in [0.25, 0.3) is 0 Å². The van der Waals surface area contributed by atoms with E-state index in [1.54, 1.807) is 39.1 Å². The first kappa shape index (κ1) is 26.6. The van der Waals surface area contributed by atoms with Gasteiger partial charge < -0.3 is 20.1 Å². The number of hydrogen-bond donors (Lipinski definition) is 4. The molecule has 2 aliphatic rings. The van der Waals surface area contributed by atoms with Gasteiger partial charge in [-0.2, -0.15) is 0 Å². The third-order valence-corrected chi connectivity index (χ3v) is 6.69. The number of pyridine rings is 1. The van der Waals surface area contributed by atoms with Crippen LogP contribution < -0.4 is 30.4 Å². The summed E-state index contributed by atoms with van der Waals surface area (Å²) in [6.07, 6.45) is 1.79. The molecule has 2 heterocycles. The number of nitrogens with zero attached hydrogens (tertiary/aromatic N) is 1. The molecular weight excluding hydrogens is 493 g/mol. The van der Waals surface area contributed by atoms with Crippen molar-refractivity contribution in [1.29, 1.82) is 0 Å². The van der Waals surface area contributed by atoms with Crippen LogP contribution in [0.2, 0.25) is 0 Å². The van der Waals surface area contributed by atoms with E-state index in [4.69, 9.17) is 4.74 Å². The van der Waals surface area contributed by atoms with Gasteiger partial charge in [-0.05, 0) is 68.1 Å². The number of ether oxygens (including phenoxy) is 1. The van der Waals surface area contributed by atoms with Crippen LogP contribution in [-0.4, -0.2) is 16.5 Å². The van der Waals surface area contributed by atoms with Crippen LogP contribution in [0.15, 0.2) is 41.2 Å². The molecule has 10 heteroatoms. The number of carbonyl (C=O) groups excluding carboxylic acids is 1. The Hall–Kier alpha value is -3.50. The van der Waals surface area contributed by atoms with Gasteiger partial charge in [-0.1, -0.05) is 19.9 Å². The fourth-order valence-electron chi connectivity index (χ4n) is 3.93. The Morgan fingerprint density at radius 3 is 2.62 bits per heavy atom. The molecule has 8 nitrogen and oxygen atoms in total. The number of hydrogen-bond acceptors (Lipinski definition) is 7. The quantitative estimate of drug-likeness (QED) is 0.308. The second-order valence-corrected chi connectivity index (χ2v) is 9.54. The molecule has 3 aromatic rings. The minimum absolute atomic E-state index is 0.0789. The zero-order valence-electron chi connectivity index (χ0n) is 21.6. The number of nitrogens with one attached hydrogen (secondary N) is 4. The maximum absolute atomic E-state index is 14.7. The highest BCUT2D eigenvalue weighted by molar-refractivity contribution is 7.98.